The second-order valence-corrected chi connectivity index (χ2v) is 5.43. The Balaban J connectivity index is 1.64. The van der Waals surface area contributed by atoms with Crippen LogP contribution in [0.2, 0.25) is 0 Å². The van der Waals surface area contributed by atoms with Crippen LogP contribution in [0.1, 0.15) is 33.8 Å². The number of nitrogens with one attached hydrogen (secondary N) is 1. The molecule has 1 fully saturated rings. The van der Waals surface area contributed by atoms with E-state index in [1.807, 2.05) is 0 Å². The number of amides is 2. The maximum absolute atomic E-state index is 12.3. The van der Waals surface area contributed by atoms with E-state index in [0.29, 0.717) is 18.8 Å². The molecule has 0 saturated carbocycles. The summed E-state index contributed by atoms with van der Waals surface area (Å²) in [6.07, 6.45) is 5.70. The Morgan fingerprint density at radius 2 is 2.26 bits per heavy atom. The third kappa shape index (κ3) is 3.33. The Labute approximate surface area is 132 Å². The van der Waals surface area contributed by atoms with Gasteiger partial charge >= 0.3 is 0 Å². The number of nitrogens with zero attached hydrogens (tertiary/aromatic N) is 2. The van der Waals surface area contributed by atoms with E-state index in [0.717, 1.165) is 12.8 Å². The maximum atomic E-state index is 12.3. The van der Waals surface area contributed by atoms with E-state index in [1.165, 1.54) is 24.7 Å². The third-order valence-electron chi connectivity index (χ3n) is 3.82. The van der Waals surface area contributed by atoms with E-state index in [-0.39, 0.29) is 29.2 Å². The van der Waals surface area contributed by atoms with Gasteiger partial charge in [0.1, 0.15) is 5.75 Å². The molecule has 0 aliphatic carbocycles. The number of hydrogen-bond donors (Lipinski definition) is 2. The number of carbonyl (C=O) groups is 2. The summed E-state index contributed by atoms with van der Waals surface area (Å²) in [7, 11) is 0. The summed E-state index contributed by atoms with van der Waals surface area (Å²) in [6, 6.07) is 4.59. The van der Waals surface area contributed by atoms with Crippen LogP contribution in [0, 0.1) is 0 Å². The van der Waals surface area contributed by atoms with Gasteiger partial charge in [-0.25, -0.2) is 0 Å². The van der Waals surface area contributed by atoms with Crippen molar-refractivity contribution in [3.05, 3.63) is 48.2 Å². The van der Waals surface area contributed by atoms with Crippen molar-refractivity contribution in [1.29, 1.82) is 0 Å². The number of piperidine rings is 1. The number of pyridine rings is 1. The van der Waals surface area contributed by atoms with Gasteiger partial charge in [0.25, 0.3) is 11.8 Å². The van der Waals surface area contributed by atoms with Crippen LogP contribution in [0.15, 0.2) is 41.3 Å². The van der Waals surface area contributed by atoms with Crippen molar-refractivity contribution in [1.82, 2.24) is 15.2 Å². The van der Waals surface area contributed by atoms with Crippen LogP contribution in [0.3, 0.4) is 0 Å². The lowest BCUT2D eigenvalue weighted by atomic mass is 10.0. The van der Waals surface area contributed by atoms with Crippen LogP contribution in [-0.2, 0) is 0 Å². The van der Waals surface area contributed by atoms with Gasteiger partial charge in [-0.15, -0.1) is 0 Å². The monoisotopic (exact) mass is 315 g/mol. The van der Waals surface area contributed by atoms with E-state index >= 15 is 0 Å². The Morgan fingerprint density at radius 1 is 1.39 bits per heavy atom. The molecule has 1 aliphatic rings. The number of carbonyl (C=O) groups excluding carboxylic acids is 2. The molecule has 0 radical (unpaired) electrons. The normalized spacial score (nSPS) is 17.7. The highest BCUT2D eigenvalue weighted by molar-refractivity contribution is 5.97. The topological polar surface area (TPSA) is 95.7 Å². The van der Waals surface area contributed by atoms with Crippen LogP contribution in [0.5, 0.6) is 5.75 Å². The first-order valence-corrected chi connectivity index (χ1v) is 7.42. The number of likely N-dealkylation sites (tertiary alicyclic amines) is 1. The molecule has 1 saturated heterocycles. The van der Waals surface area contributed by atoms with Gasteiger partial charge in [-0.05, 0) is 31.0 Å². The van der Waals surface area contributed by atoms with Crippen LogP contribution in [0.25, 0.3) is 0 Å². The van der Waals surface area contributed by atoms with E-state index in [4.69, 9.17) is 4.42 Å². The summed E-state index contributed by atoms with van der Waals surface area (Å²) in [4.78, 5) is 29.9. The zero-order valence-electron chi connectivity index (χ0n) is 12.4. The molecule has 7 heteroatoms. The third-order valence-corrected chi connectivity index (χ3v) is 3.82. The maximum Gasteiger partial charge on any atom is 0.289 e. The molecular formula is C16H17N3O4. The van der Waals surface area contributed by atoms with Gasteiger partial charge in [-0.3, -0.25) is 14.6 Å². The van der Waals surface area contributed by atoms with Crippen molar-refractivity contribution >= 4 is 11.8 Å². The zero-order valence-corrected chi connectivity index (χ0v) is 12.4. The summed E-state index contributed by atoms with van der Waals surface area (Å²) in [5.74, 6) is -0.420. The van der Waals surface area contributed by atoms with Crippen molar-refractivity contribution in [2.24, 2.45) is 0 Å². The lowest BCUT2D eigenvalue weighted by Crippen LogP contribution is -2.49. The molecular weight excluding hydrogens is 298 g/mol. The van der Waals surface area contributed by atoms with Crippen LogP contribution >= 0.6 is 0 Å². The fraction of sp³-hybridized carbons (Fsp3) is 0.312. The molecule has 2 amide bonds. The molecule has 2 N–H and O–H groups in total. The van der Waals surface area contributed by atoms with Crippen LogP contribution < -0.4 is 5.32 Å². The van der Waals surface area contributed by atoms with Gasteiger partial charge in [0.2, 0.25) is 0 Å². The average molecular weight is 315 g/mol. The van der Waals surface area contributed by atoms with Crippen molar-refractivity contribution in [3.8, 4) is 5.75 Å². The Bertz CT molecular complexity index is 699. The fourth-order valence-corrected chi connectivity index (χ4v) is 2.68. The van der Waals surface area contributed by atoms with Crippen molar-refractivity contribution < 1.29 is 19.1 Å². The first-order valence-electron chi connectivity index (χ1n) is 7.42. The summed E-state index contributed by atoms with van der Waals surface area (Å²) in [6.45, 7) is 1.05. The quantitative estimate of drug-likeness (QED) is 0.893. The van der Waals surface area contributed by atoms with Gasteiger partial charge in [0.15, 0.2) is 5.76 Å². The number of furan rings is 1. The molecule has 1 unspecified atom stereocenters. The molecule has 7 nitrogen and oxygen atoms in total. The number of rotatable bonds is 3. The lowest BCUT2D eigenvalue weighted by molar-refractivity contribution is 0.0646. The molecule has 1 aliphatic heterocycles. The highest BCUT2D eigenvalue weighted by Crippen LogP contribution is 2.17. The van der Waals surface area contributed by atoms with Crippen molar-refractivity contribution in [3.63, 3.8) is 0 Å². The van der Waals surface area contributed by atoms with E-state index in [9.17, 15) is 14.7 Å². The summed E-state index contributed by atoms with van der Waals surface area (Å²) < 4.78 is 5.13. The standard InChI is InChI=1S/C16H17N3O4/c20-13-9-17-6-5-12(13)15(21)18-11-3-1-7-19(10-11)16(22)14-4-2-8-23-14/h2,4-6,8-9,11,20H,1,3,7,10H2,(H,18,21). The second kappa shape index (κ2) is 6.51. The SMILES string of the molecule is O=C(NC1CCCN(C(=O)c2ccco2)C1)c1ccncc1O. The zero-order chi connectivity index (χ0) is 16.2. The second-order valence-electron chi connectivity index (χ2n) is 5.43. The number of aromatic hydroxyl groups is 1. The molecule has 2 aromatic rings. The minimum atomic E-state index is -0.373. The molecule has 0 aromatic carbocycles. The predicted octanol–water partition coefficient (Wildman–Crippen LogP) is 1.41. The van der Waals surface area contributed by atoms with Gasteiger partial charge in [-0.1, -0.05) is 0 Å². The smallest absolute Gasteiger partial charge is 0.289 e. The van der Waals surface area contributed by atoms with Gasteiger partial charge < -0.3 is 19.7 Å². The van der Waals surface area contributed by atoms with Gasteiger partial charge in [0, 0.05) is 25.3 Å². The largest absolute Gasteiger partial charge is 0.505 e. The lowest BCUT2D eigenvalue weighted by Gasteiger charge is -2.32. The van der Waals surface area contributed by atoms with Crippen LogP contribution in [0.4, 0.5) is 0 Å². The molecule has 0 bridgehead atoms. The average Bonchev–Trinajstić information content (AvgIpc) is 3.09. The highest BCUT2D eigenvalue weighted by Gasteiger charge is 2.27. The molecule has 1 atom stereocenters. The summed E-state index contributed by atoms with van der Waals surface area (Å²) in [5, 5.41) is 12.5. The first kappa shape index (κ1) is 15.1. The Morgan fingerprint density at radius 3 is 3.00 bits per heavy atom. The Hall–Kier alpha value is -2.83. The molecule has 23 heavy (non-hydrogen) atoms. The molecule has 0 spiro atoms. The van der Waals surface area contributed by atoms with Crippen molar-refractivity contribution in [2.75, 3.05) is 13.1 Å². The Kier molecular flexibility index (Phi) is 4.27. The number of hydrogen-bond acceptors (Lipinski definition) is 5. The van der Waals surface area contributed by atoms with E-state index in [1.54, 1.807) is 17.0 Å². The van der Waals surface area contributed by atoms with Gasteiger partial charge in [0.05, 0.1) is 18.0 Å². The minimum absolute atomic E-state index is 0.163. The summed E-state index contributed by atoms with van der Waals surface area (Å²) >= 11 is 0. The fourth-order valence-electron chi connectivity index (χ4n) is 2.68. The van der Waals surface area contributed by atoms with Crippen molar-refractivity contribution in [2.45, 2.75) is 18.9 Å². The highest BCUT2D eigenvalue weighted by atomic mass is 16.3. The molecule has 2 aromatic heterocycles. The molecule has 120 valence electrons. The van der Waals surface area contributed by atoms with Crippen LogP contribution in [-0.4, -0.2) is 45.9 Å². The van der Waals surface area contributed by atoms with Gasteiger partial charge in [-0.2, -0.15) is 0 Å². The first-order chi connectivity index (χ1) is 11.1. The molecule has 3 rings (SSSR count). The number of aromatic nitrogens is 1. The summed E-state index contributed by atoms with van der Waals surface area (Å²) in [5.41, 5.74) is 0.175. The van der Waals surface area contributed by atoms with E-state index in [2.05, 4.69) is 10.3 Å². The molecule has 3 heterocycles. The minimum Gasteiger partial charge on any atom is -0.505 e. The van der Waals surface area contributed by atoms with E-state index < -0.39 is 0 Å². The predicted molar refractivity (Wildman–Crippen MR) is 81.0 cm³/mol.